The van der Waals surface area contributed by atoms with Crippen LogP contribution in [0.15, 0.2) is 23.2 Å². The predicted octanol–water partition coefficient (Wildman–Crippen LogP) is 1.50. The molecule has 1 aromatic heterocycles. The van der Waals surface area contributed by atoms with Gasteiger partial charge in [-0.2, -0.15) is 10.3 Å². The van der Waals surface area contributed by atoms with Crippen LogP contribution in [0, 0.1) is 18.3 Å². The highest BCUT2D eigenvalue weighted by Crippen LogP contribution is 2.29. The first-order chi connectivity index (χ1) is 8.51. The number of thiophene rings is 1. The quantitative estimate of drug-likeness (QED) is 0.597. The maximum Gasteiger partial charge on any atom is 0.290 e. The Morgan fingerprint density at radius 2 is 2.11 bits per heavy atom. The molecule has 0 unspecified atom stereocenters. The van der Waals surface area contributed by atoms with Gasteiger partial charge in [-0.3, -0.25) is 4.79 Å². The number of nitrogens with zero attached hydrogens (tertiary/aromatic N) is 2. The highest BCUT2D eigenvalue weighted by atomic mass is 32.1. The fourth-order valence-corrected chi connectivity index (χ4v) is 2.72. The Bertz CT molecular complexity index is 705. The third-order valence-electron chi connectivity index (χ3n) is 2.34. The number of carbonyl (C=O) groups excluding carboxylic acids is 1. The van der Waals surface area contributed by atoms with Gasteiger partial charge in [0.25, 0.3) is 5.91 Å². The second kappa shape index (κ2) is 4.47. The molecule has 0 saturated carbocycles. The molecule has 0 fully saturated rings. The monoisotopic (exact) mass is 258 g/mol. The van der Waals surface area contributed by atoms with E-state index in [0.29, 0.717) is 10.4 Å². The lowest BCUT2D eigenvalue weighted by molar-refractivity contribution is 0.101. The minimum absolute atomic E-state index is 0.269. The molecule has 0 spiro atoms. The van der Waals surface area contributed by atoms with Crippen LogP contribution in [0.25, 0.3) is 10.1 Å². The number of hydrogen-bond acceptors (Lipinski definition) is 3. The fourth-order valence-electron chi connectivity index (χ4n) is 1.65. The molecule has 0 radical (unpaired) electrons. The highest BCUT2D eigenvalue weighted by molar-refractivity contribution is 7.20. The first-order valence-corrected chi connectivity index (χ1v) is 5.91. The van der Waals surface area contributed by atoms with Crippen LogP contribution in [0.3, 0.4) is 0 Å². The summed E-state index contributed by atoms with van der Waals surface area (Å²) < 4.78 is 0.876. The number of fused-ring (bicyclic) bond motifs is 1. The molecule has 1 aromatic carbocycles. The van der Waals surface area contributed by atoms with Crippen LogP contribution in [0.5, 0.6) is 0 Å². The molecular weight excluding hydrogens is 248 g/mol. The van der Waals surface area contributed by atoms with Crippen molar-refractivity contribution in [2.45, 2.75) is 6.92 Å². The molecule has 6 heteroatoms. The Balaban J connectivity index is 2.61. The van der Waals surface area contributed by atoms with Crippen LogP contribution in [0.2, 0.25) is 0 Å². The minimum Gasteiger partial charge on any atom is -0.370 e. The predicted molar refractivity (Wildman–Crippen MR) is 71.4 cm³/mol. The number of rotatable bonds is 1. The fraction of sp³-hybridized carbons (Fsp3) is 0.0833. The zero-order valence-corrected chi connectivity index (χ0v) is 10.4. The second-order valence-corrected chi connectivity index (χ2v) is 4.87. The molecule has 5 nitrogen and oxygen atoms in total. The Labute approximate surface area is 107 Å². The van der Waals surface area contributed by atoms with Crippen molar-refractivity contribution in [3.63, 3.8) is 0 Å². The summed E-state index contributed by atoms with van der Waals surface area (Å²) in [6.07, 6.45) is 0. The van der Waals surface area contributed by atoms with E-state index in [1.165, 1.54) is 11.3 Å². The third-order valence-corrected chi connectivity index (χ3v) is 3.41. The van der Waals surface area contributed by atoms with Gasteiger partial charge in [0, 0.05) is 10.1 Å². The van der Waals surface area contributed by atoms with E-state index in [2.05, 4.69) is 11.1 Å². The van der Waals surface area contributed by atoms with Gasteiger partial charge in [-0.15, -0.1) is 11.3 Å². The zero-order valence-electron chi connectivity index (χ0n) is 9.60. The van der Waals surface area contributed by atoms with Crippen molar-refractivity contribution in [2.75, 3.05) is 0 Å². The Morgan fingerprint density at radius 1 is 1.39 bits per heavy atom. The maximum absolute atomic E-state index is 11.7. The van der Waals surface area contributed by atoms with Gasteiger partial charge >= 0.3 is 0 Å². The molecule has 18 heavy (non-hydrogen) atoms. The van der Waals surface area contributed by atoms with E-state index in [4.69, 9.17) is 16.7 Å². The number of nitriles is 1. The number of carbonyl (C=O) groups is 1. The molecule has 0 aliphatic carbocycles. The third kappa shape index (κ3) is 2.17. The molecule has 2 rings (SSSR count). The molecule has 4 N–H and O–H groups in total. The summed E-state index contributed by atoms with van der Waals surface area (Å²) in [4.78, 5) is 15.6. The van der Waals surface area contributed by atoms with Crippen molar-refractivity contribution >= 4 is 33.3 Å². The number of hydrogen-bond donors (Lipinski definition) is 2. The molecular formula is C12H10N4OS. The normalized spacial score (nSPS) is 10.0. The van der Waals surface area contributed by atoms with Crippen LogP contribution >= 0.6 is 11.3 Å². The Hall–Kier alpha value is -2.39. The summed E-state index contributed by atoms with van der Waals surface area (Å²) >= 11 is 1.27. The summed E-state index contributed by atoms with van der Waals surface area (Å²) in [6.45, 7) is 1.90. The van der Waals surface area contributed by atoms with Crippen LogP contribution in [0.1, 0.15) is 20.8 Å². The van der Waals surface area contributed by atoms with Crippen molar-refractivity contribution in [1.29, 1.82) is 5.26 Å². The summed E-state index contributed by atoms with van der Waals surface area (Å²) in [7, 11) is 0. The van der Waals surface area contributed by atoms with Crippen molar-refractivity contribution < 1.29 is 4.79 Å². The summed E-state index contributed by atoms with van der Waals surface area (Å²) in [6, 6.07) is 7.46. The van der Waals surface area contributed by atoms with Gasteiger partial charge in [0.15, 0.2) is 5.96 Å². The lowest BCUT2D eigenvalue weighted by atomic mass is 10.1. The number of amides is 1. The van der Waals surface area contributed by atoms with E-state index < -0.39 is 5.91 Å². The number of nitrogens with two attached hydrogens (primary N) is 2. The largest absolute Gasteiger partial charge is 0.370 e. The number of aliphatic imine (C=N–C) groups is 1. The standard InChI is InChI=1S/C12H10N4OS/c1-6-2-7(5-13)8-4-10(18-9(8)3-6)11(17)16-12(14)15/h2-4H,1H3,(H4,14,15,16,17). The average Bonchev–Trinajstić information content (AvgIpc) is 2.70. The van der Waals surface area contributed by atoms with Crippen molar-refractivity contribution in [3.05, 3.63) is 34.2 Å². The van der Waals surface area contributed by atoms with E-state index in [1.54, 1.807) is 12.1 Å². The molecule has 0 aliphatic rings. The van der Waals surface area contributed by atoms with Gasteiger partial charge < -0.3 is 11.5 Å². The lowest BCUT2D eigenvalue weighted by Crippen LogP contribution is -2.24. The van der Waals surface area contributed by atoms with Crippen molar-refractivity contribution in [2.24, 2.45) is 16.5 Å². The van der Waals surface area contributed by atoms with Gasteiger partial charge in [-0.25, -0.2) is 0 Å². The number of guanidine groups is 1. The van der Waals surface area contributed by atoms with Crippen LogP contribution in [-0.4, -0.2) is 11.9 Å². The lowest BCUT2D eigenvalue weighted by Gasteiger charge is -1.95. The first-order valence-electron chi connectivity index (χ1n) is 5.09. The second-order valence-electron chi connectivity index (χ2n) is 3.79. The van der Waals surface area contributed by atoms with Gasteiger partial charge in [0.05, 0.1) is 16.5 Å². The van der Waals surface area contributed by atoms with Crippen molar-refractivity contribution in [3.8, 4) is 6.07 Å². The number of aryl methyl sites for hydroxylation is 1. The minimum atomic E-state index is -0.488. The highest BCUT2D eigenvalue weighted by Gasteiger charge is 2.12. The molecule has 90 valence electrons. The molecule has 1 amide bonds. The number of benzene rings is 1. The summed E-state index contributed by atoms with van der Waals surface area (Å²) in [5, 5.41) is 9.81. The molecule has 0 aliphatic heterocycles. The maximum atomic E-state index is 11.7. The van der Waals surface area contributed by atoms with E-state index in [-0.39, 0.29) is 5.96 Å². The summed E-state index contributed by atoms with van der Waals surface area (Å²) in [5.41, 5.74) is 11.8. The van der Waals surface area contributed by atoms with Gasteiger partial charge in [0.2, 0.25) is 0 Å². The first kappa shape index (κ1) is 12.1. The molecule has 0 saturated heterocycles. The molecule has 1 heterocycles. The molecule has 2 aromatic rings. The SMILES string of the molecule is Cc1cc(C#N)c2cc(C(=O)N=C(N)N)sc2c1. The van der Waals surface area contributed by atoms with Gasteiger partial charge in [0.1, 0.15) is 0 Å². The van der Waals surface area contributed by atoms with E-state index in [9.17, 15) is 4.79 Å². The Kier molecular flexibility index (Phi) is 3.00. The average molecular weight is 258 g/mol. The van der Waals surface area contributed by atoms with E-state index >= 15 is 0 Å². The smallest absolute Gasteiger partial charge is 0.290 e. The van der Waals surface area contributed by atoms with E-state index in [1.807, 2.05) is 13.0 Å². The van der Waals surface area contributed by atoms with Crippen LogP contribution in [-0.2, 0) is 0 Å². The molecule has 0 atom stereocenters. The zero-order chi connectivity index (χ0) is 13.3. The Morgan fingerprint density at radius 3 is 2.72 bits per heavy atom. The van der Waals surface area contributed by atoms with Crippen LogP contribution < -0.4 is 11.5 Å². The van der Waals surface area contributed by atoms with Crippen molar-refractivity contribution in [1.82, 2.24) is 0 Å². The topological polar surface area (TPSA) is 105 Å². The molecule has 0 bridgehead atoms. The van der Waals surface area contributed by atoms with Gasteiger partial charge in [-0.05, 0) is 30.7 Å². The van der Waals surface area contributed by atoms with E-state index in [0.717, 1.165) is 15.6 Å². The summed E-state index contributed by atoms with van der Waals surface area (Å²) in [5.74, 6) is -0.758. The van der Waals surface area contributed by atoms with Crippen LogP contribution in [0.4, 0.5) is 0 Å². The van der Waals surface area contributed by atoms with Gasteiger partial charge in [-0.1, -0.05) is 0 Å².